The topological polar surface area (TPSA) is 41.1 Å². The number of carbonyl (C=O) groups is 1. The van der Waals surface area contributed by atoms with Crippen molar-refractivity contribution < 1.29 is 4.79 Å². The summed E-state index contributed by atoms with van der Waals surface area (Å²) in [5, 5.41) is 5.94. The maximum atomic E-state index is 11.6. The Kier molecular flexibility index (Phi) is 7.39. The van der Waals surface area contributed by atoms with Crippen LogP contribution in [-0.4, -0.2) is 25.5 Å². The molecule has 1 amide bonds. The Labute approximate surface area is 100 Å². The molecule has 0 heterocycles. The summed E-state index contributed by atoms with van der Waals surface area (Å²) in [5.74, 6) is 0.0890. The quantitative estimate of drug-likeness (QED) is 0.626. The fourth-order valence-electron chi connectivity index (χ4n) is 1.55. The molecular formula is C13H28N2O. The molecule has 0 spiro atoms. The Balaban J connectivity index is 3.84. The summed E-state index contributed by atoms with van der Waals surface area (Å²) >= 11 is 0. The first kappa shape index (κ1) is 15.4. The summed E-state index contributed by atoms with van der Waals surface area (Å²) in [7, 11) is 1.80. The van der Waals surface area contributed by atoms with Crippen molar-refractivity contribution in [3.63, 3.8) is 0 Å². The predicted molar refractivity (Wildman–Crippen MR) is 69.5 cm³/mol. The van der Waals surface area contributed by atoms with Gasteiger partial charge in [-0.3, -0.25) is 4.79 Å². The second-order valence-electron chi connectivity index (χ2n) is 5.35. The van der Waals surface area contributed by atoms with E-state index < -0.39 is 0 Å². The molecule has 0 saturated carbocycles. The SMILES string of the molecule is CCCCCC(C)(C)CNC(=O)C(C)NC. The van der Waals surface area contributed by atoms with Crippen LogP contribution in [0, 0.1) is 5.41 Å². The van der Waals surface area contributed by atoms with Crippen molar-refractivity contribution in [3.8, 4) is 0 Å². The van der Waals surface area contributed by atoms with Crippen LogP contribution in [0.5, 0.6) is 0 Å². The van der Waals surface area contributed by atoms with E-state index in [0.717, 1.165) is 6.54 Å². The molecule has 2 N–H and O–H groups in total. The van der Waals surface area contributed by atoms with Gasteiger partial charge in [0, 0.05) is 6.54 Å². The zero-order chi connectivity index (χ0) is 12.6. The summed E-state index contributed by atoms with van der Waals surface area (Å²) in [5.41, 5.74) is 0.207. The summed E-state index contributed by atoms with van der Waals surface area (Å²) in [6.45, 7) is 9.28. The Morgan fingerprint density at radius 1 is 1.31 bits per heavy atom. The fourth-order valence-corrected chi connectivity index (χ4v) is 1.55. The Hall–Kier alpha value is -0.570. The van der Waals surface area contributed by atoms with Crippen LogP contribution in [0.2, 0.25) is 0 Å². The second-order valence-corrected chi connectivity index (χ2v) is 5.35. The van der Waals surface area contributed by atoms with Crippen LogP contribution in [0.25, 0.3) is 0 Å². The number of carbonyl (C=O) groups excluding carboxylic acids is 1. The van der Waals surface area contributed by atoms with Crippen molar-refractivity contribution >= 4 is 5.91 Å². The lowest BCUT2D eigenvalue weighted by Crippen LogP contribution is -2.43. The van der Waals surface area contributed by atoms with Crippen LogP contribution in [0.4, 0.5) is 0 Å². The van der Waals surface area contributed by atoms with Gasteiger partial charge in [0.1, 0.15) is 0 Å². The summed E-state index contributed by atoms with van der Waals surface area (Å²) < 4.78 is 0. The first-order valence-electron chi connectivity index (χ1n) is 6.38. The maximum absolute atomic E-state index is 11.6. The van der Waals surface area contributed by atoms with E-state index in [1.807, 2.05) is 6.92 Å². The molecule has 0 rings (SSSR count). The van der Waals surface area contributed by atoms with Gasteiger partial charge in [0.15, 0.2) is 0 Å². The van der Waals surface area contributed by atoms with Crippen LogP contribution in [-0.2, 0) is 4.79 Å². The van der Waals surface area contributed by atoms with Crippen LogP contribution in [0.15, 0.2) is 0 Å². The fraction of sp³-hybridized carbons (Fsp3) is 0.923. The number of likely N-dealkylation sites (N-methyl/N-ethyl adjacent to an activating group) is 1. The maximum Gasteiger partial charge on any atom is 0.236 e. The molecule has 0 aromatic rings. The van der Waals surface area contributed by atoms with Gasteiger partial charge in [0.05, 0.1) is 6.04 Å². The molecule has 0 radical (unpaired) electrons. The molecule has 0 aromatic heterocycles. The smallest absolute Gasteiger partial charge is 0.236 e. The number of rotatable bonds is 8. The van der Waals surface area contributed by atoms with Gasteiger partial charge >= 0.3 is 0 Å². The predicted octanol–water partition coefficient (Wildman–Crippen LogP) is 2.32. The third-order valence-electron chi connectivity index (χ3n) is 3.02. The van der Waals surface area contributed by atoms with Crippen molar-refractivity contribution in [1.29, 1.82) is 0 Å². The molecule has 0 saturated heterocycles. The van der Waals surface area contributed by atoms with Crippen molar-refractivity contribution in [1.82, 2.24) is 10.6 Å². The van der Waals surface area contributed by atoms with E-state index in [9.17, 15) is 4.79 Å². The van der Waals surface area contributed by atoms with Gasteiger partial charge in [-0.05, 0) is 25.8 Å². The van der Waals surface area contributed by atoms with Gasteiger partial charge in [-0.25, -0.2) is 0 Å². The van der Waals surface area contributed by atoms with Crippen LogP contribution in [0.3, 0.4) is 0 Å². The van der Waals surface area contributed by atoms with Crippen molar-refractivity contribution in [3.05, 3.63) is 0 Å². The van der Waals surface area contributed by atoms with Crippen LogP contribution in [0.1, 0.15) is 53.4 Å². The number of nitrogens with one attached hydrogen (secondary N) is 2. The molecule has 0 aliphatic rings. The number of hydrogen-bond acceptors (Lipinski definition) is 2. The second kappa shape index (κ2) is 7.66. The standard InChI is InChI=1S/C13H28N2O/c1-6-7-8-9-13(3,4)10-15-12(16)11(2)14-5/h11,14H,6-10H2,1-5H3,(H,15,16). The number of amides is 1. The average Bonchev–Trinajstić information content (AvgIpc) is 2.25. The molecule has 3 nitrogen and oxygen atoms in total. The van der Waals surface area contributed by atoms with Gasteiger partial charge in [-0.15, -0.1) is 0 Å². The third-order valence-corrected chi connectivity index (χ3v) is 3.02. The van der Waals surface area contributed by atoms with Gasteiger partial charge in [0.25, 0.3) is 0 Å². The molecule has 16 heavy (non-hydrogen) atoms. The molecular weight excluding hydrogens is 200 g/mol. The highest BCUT2D eigenvalue weighted by Crippen LogP contribution is 2.22. The molecule has 1 unspecified atom stereocenters. The minimum Gasteiger partial charge on any atom is -0.354 e. The van der Waals surface area contributed by atoms with Crippen LogP contribution < -0.4 is 10.6 Å². The minimum absolute atomic E-state index is 0.0890. The lowest BCUT2D eigenvalue weighted by Gasteiger charge is -2.25. The Morgan fingerprint density at radius 3 is 2.44 bits per heavy atom. The molecule has 0 bridgehead atoms. The largest absolute Gasteiger partial charge is 0.354 e. The van der Waals surface area contributed by atoms with E-state index in [0.29, 0.717) is 0 Å². The summed E-state index contributed by atoms with van der Waals surface area (Å²) in [4.78, 5) is 11.6. The normalized spacial score (nSPS) is 13.6. The highest BCUT2D eigenvalue weighted by Gasteiger charge is 2.19. The zero-order valence-electron chi connectivity index (χ0n) is 11.5. The van der Waals surface area contributed by atoms with Crippen molar-refractivity contribution in [2.75, 3.05) is 13.6 Å². The lowest BCUT2D eigenvalue weighted by atomic mass is 9.87. The first-order valence-corrected chi connectivity index (χ1v) is 6.38. The molecule has 0 aliphatic carbocycles. The number of hydrogen-bond donors (Lipinski definition) is 2. The molecule has 0 fully saturated rings. The zero-order valence-corrected chi connectivity index (χ0v) is 11.5. The van der Waals surface area contributed by atoms with Crippen molar-refractivity contribution in [2.45, 2.75) is 59.4 Å². The van der Waals surface area contributed by atoms with E-state index >= 15 is 0 Å². The third kappa shape index (κ3) is 6.83. The van der Waals surface area contributed by atoms with E-state index in [4.69, 9.17) is 0 Å². The molecule has 3 heteroatoms. The minimum atomic E-state index is -0.105. The highest BCUT2D eigenvalue weighted by atomic mass is 16.2. The number of unbranched alkanes of at least 4 members (excludes halogenated alkanes) is 2. The van der Waals surface area contributed by atoms with Gasteiger partial charge < -0.3 is 10.6 Å². The van der Waals surface area contributed by atoms with Gasteiger partial charge in [-0.2, -0.15) is 0 Å². The van der Waals surface area contributed by atoms with Gasteiger partial charge in [0.2, 0.25) is 5.91 Å². The molecule has 0 aromatic carbocycles. The van der Waals surface area contributed by atoms with Crippen LogP contribution >= 0.6 is 0 Å². The summed E-state index contributed by atoms with van der Waals surface area (Å²) in [6.07, 6.45) is 4.96. The molecule has 96 valence electrons. The van der Waals surface area contributed by atoms with E-state index in [2.05, 4.69) is 31.4 Å². The Bertz CT molecular complexity index is 202. The Morgan fingerprint density at radius 2 is 1.94 bits per heavy atom. The summed E-state index contributed by atoms with van der Waals surface area (Å²) in [6, 6.07) is -0.105. The van der Waals surface area contributed by atoms with E-state index in [1.54, 1.807) is 7.05 Å². The lowest BCUT2D eigenvalue weighted by molar-refractivity contribution is -0.123. The molecule has 1 atom stereocenters. The van der Waals surface area contributed by atoms with E-state index in [-0.39, 0.29) is 17.4 Å². The van der Waals surface area contributed by atoms with Gasteiger partial charge in [-0.1, -0.05) is 40.0 Å². The van der Waals surface area contributed by atoms with Crippen molar-refractivity contribution in [2.24, 2.45) is 5.41 Å². The highest BCUT2D eigenvalue weighted by molar-refractivity contribution is 5.81. The van der Waals surface area contributed by atoms with E-state index in [1.165, 1.54) is 25.7 Å². The first-order chi connectivity index (χ1) is 7.43. The molecule has 0 aliphatic heterocycles. The monoisotopic (exact) mass is 228 g/mol. The average molecular weight is 228 g/mol.